The number of benzene rings is 3. The quantitative estimate of drug-likeness (QED) is 0.560. The van der Waals surface area contributed by atoms with Gasteiger partial charge in [0.25, 0.3) is 5.91 Å². The normalized spacial score (nSPS) is 10.2. The van der Waals surface area contributed by atoms with Gasteiger partial charge >= 0.3 is 0 Å². The standard InChI is InChI=1S/C21H17ClFN3O2/c22-14-10-11-19(17(23)12-14)24-13-20(27)26-18-9-5-4-8-16(18)21(28)25-15-6-2-1-3-7-15/h1-12,24H,13H2,(H,25,28)(H,26,27). The number of rotatable bonds is 6. The van der Waals surface area contributed by atoms with Crippen molar-refractivity contribution in [3.63, 3.8) is 0 Å². The average molecular weight is 398 g/mol. The summed E-state index contributed by atoms with van der Waals surface area (Å²) in [5, 5.41) is 8.41. The molecule has 2 amide bonds. The molecule has 3 N–H and O–H groups in total. The van der Waals surface area contributed by atoms with E-state index in [1.807, 2.05) is 18.2 Å². The summed E-state index contributed by atoms with van der Waals surface area (Å²) in [5.74, 6) is -1.32. The van der Waals surface area contributed by atoms with Crippen molar-refractivity contribution in [2.75, 3.05) is 22.5 Å². The van der Waals surface area contributed by atoms with Crippen LogP contribution >= 0.6 is 11.6 Å². The summed E-state index contributed by atoms with van der Waals surface area (Å²) < 4.78 is 13.8. The Hall–Kier alpha value is -3.38. The summed E-state index contributed by atoms with van der Waals surface area (Å²) >= 11 is 5.71. The molecule has 0 spiro atoms. The lowest BCUT2D eigenvalue weighted by Crippen LogP contribution is -2.24. The molecule has 0 aliphatic carbocycles. The largest absolute Gasteiger partial charge is 0.374 e. The first-order valence-corrected chi connectivity index (χ1v) is 8.85. The molecule has 0 unspecified atom stereocenters. The van der Waals surface area contributed by atoms with Crippen LogP contribution in [0.25, 0.3) is 0 Å². The zero-order valence-electron chi connectivity index (χ0n) is 14.7. The highest BCUT2D eigenvalue weighted by Crippen LogP contribution is 2.20. The highest BCUT2D eigenvalue weighted by atomic mass is 35.5. The van der Waals surface area contributed by atoms with Gasteiger partial charge in [-0.25, -0.2) is 4.39 Å². The minimum Gasteiger partial charge on any atom is -0.374 e. The van der Waals surface area contributed by atoms with E-state index in [2.05, 4.69) is 16.0 Å². The van der Waals surface area contributed by atoms with E-state index in [1.54, 1.807) is 36.4 Å². The zero-order chi connectivity index (χ0) is 19.9. The molecule has 3 aromatic carbocycles. The molecule has 0 aliphatic heterocycles. The van der Waals surface area contributed by atoms with Crippen LogP contribution in [0.5, 0.6) is 0 Å². The molecular weight excluding hydrogens is 381 g/mol. The van der Waals surface area contributed by atoms with Crippen LogP contribution in [0.15, 0.2) is 72.8 Å². The smallest absolute Gasteiger partial charge is 0.257 e. The fraction of sp³-hybridized carbons (Fsp3) is 0.0476. The molecule has 0 aliphatic rings. The van der Waals surface area contributed by atoms with Gasteiger partial charge in [0.1, 0.15) is 5.82 Å². The number of halogens is 2. The van der Waals surface area contributed by atoms with Crippen molar-refractivity contribution in [2.45, 2.75) is 0 Å². The molecule has 0 heterocycles. The lowest BCUT2D eigenvalue weighted by Gasteiger charge is -2.12. The van der Waals surface area contributed by atoms with Gasteiger partial charge in [0, 0.05) is 10.7 Å². The maximum Gasteiger partial charge on any atom is 0.257 e. The average Bonchev–Trinajstić information content (AvgIpc) is 2.68. The van der Waals surface area contributed by atoms with Crippen molar-refractivity contribution in [3.05, 3.63) is 89.2 Å². The molecule has 0 bridgehead atoms. The Morgan fingerprint density at radius 2 is 1.57 bits per heavy atom. The molecule has 0 aromatic heterocycles. The molecule has 0 fully saturated rings. The lowest BCUT2D eigenvalue weighted by molar-refractivity contribution is -0.114. The van der Waals surface area contributed by atoms with Crippen LogP contribution in [0.4, 0.5) is 21.5 Å². The predicted molar refractivity (Wildman–Crippen MR) is 109 cm³/mol. The van der Waals surface area contributed by atoms with Crippen LogP contribution in [0.2, 0.25) is 5.02 Å². The highest BCUT2D eigenvalue weighted by Gasteiger charge is 2.13. The van der Waals surface area contributed by atoms with Crippen LogP contribution in [-0.4, -0.2) is 18.4 Å². The molecule has 3 rings (SSSR count). The van der Waals surface area contributed by atoms with Crippen molar-refractivity contribution in [1.82, 2.24) is 0 Å². The number of para-hydroxylation sites is 2. The van der Waals surface area contributed by atoms with Crippen molar-refractivity contribution in [2.24, 2.45) is 0 Å². The zero-order valence-corrected chi connectivity index (χ0v) is 15.5. The van der Waals surface area contributed by atoms with Gasteiger partial charge < -0.3 is 16.0 Å². The summed E-state index contributed by atoms with van der Waals surface area (Å²) in [7, 11) is 0. The Bertz CT molecular complexity index is 996. The molecule has 7 heteroatoms. The molecule has 3 aromatic rings. The lowest BCUT2D eigenvalue weighted by atomic mass is 10.1. The topological polar surface area (TPSA) is 70.2 Å². The number of hydrogen-bond acceptors (Lipinski definition) is 3. The van der Waals surface area contributed by atoms with Crippen LogP contribution in [-0.2, 0) is 4.79 Å². The second-order valence-corrected chi connectivity index (χ2v) is 6.33. The van der Waals surface area contributed by atoms with Gasteiger partial charge in [-0.3, -0.25) is 9.59 Å². The Morgan fingerprint density at radius 3 is 2.32 bits per heavy atom. The van der Waals surface area contributed by atoms with Crippen molar-refractivity contribution >= 4 is 40.5 Å². The summed E-state index contributed by atoms with van der Waals surface area (Å²) in [6.45, 7) is -0.173. The molecular formula is C21H17ClFN3O2. The highest BCUT2D eigenvalue weighted by molar-refractivity contribution is 6.30. The molecule has 28 heavy (non-hydrogen) atoms. The Morgan fingerprint density at radius 1 is 0.857 bits per heavy atom. The third-order valence-electron chi connectivity index (χ3n) is 3.85. The minimum absolute atomic E-state index is 0.162. The molecule has 0 atom stereocenters. The van der Waals surface area contributed by atoms with E-state index < -0.39 is 11.7 Å². The molecule has 5 nitrogen and oxygen atoms in total. The van der Waals surface area contributed by atoms with Crippen LogP contribution in [0.3, 0.4) is 0 Å². The van der Waals surface area contributed by atoms with Gasteiger partial charge in [0.05, 0.1) is 23.5 Å². The molecule has 0 saturated heterocycles. The SMILES string of the molecule is O=C(CNc1ccc(Cl)cc1F)Nc1ccccc1C(=O)Nc1ccccc1. The number of amides is 2. The van der Waals surface area contributed by atoms with Crippen LogP contribution < -0.4 is 16.0 Å². The van der Waals surface area contributed by atoms with E-state index in [-0.39, 0.29) is 23.2 Å². The number of carbonyl (C=O) groups is 2. The fourth-order valence-electron chi connectivity index (χ4n) is 2.51. The molecule has 0 radical (unpaired) electrons. The second kappa shape index (κ2) is 9.01. The van der Waals surface area contributed by atoms with Gasteiger partial charge in [-0.1, -0.05) is 41.9 Å². The Balaban J connectivity index is 1.65. The Labute approximate surface area is 166 Å². The molecule has 0 saturated carbocycles. The Kier molecular flexibility index (Phi) is 6.24. The van der Waals surface area contributed by atoms with E-state index >= 15 is 0 Å². The molecule has 142 valence electrons. The van der Waals surface area contributed by atoms with Crippen molar-refractivity contribution < 1.29 is 14.0 Å². The number of carbonyl (C=O) groups excluding carboxylic acids is 2. The van der Waals surface area contributed by atoms with E-state index in [9.17, 15) is 14.0 Å². The summed E-state index contributed by atoms with van der Waals surface area (Å²) in [6, 6.07) is 19.8. The van der Waals surface area contributed by atoms with Gasteiger partial charge in [-0.15, -0.1) is 0 Å². The van der Waals surface area contributed by atoms with Gasteiger partial charge in [-0.2, -0.15) is 0 Å². The van der Waals surface area contributed by atoms with Gasteiger partial charge in [0.2, 0.25) is 5.91 Å². The summed E-state index contributed by atoms with van der Waals surface area (Å²) in [6.07, 6.45) is 0. The van der Waals surface area contributed by atoms with Crippen LogP contribution in [0.1, 0.15) is 10.4 Å². The fourth-order valence-corrected chi connectivity index (χ4v) is 2.67. The monoisotopic (exact) mass is 397 g/mol. The van der Waals surface area contributed by atoms with Gasteiger partial charge in [0.15, 0.2) is 0 Å². The number of anilines is 3. The van der Waals surface area contributed by atoms with Crippen molar-refractivity contribution in [3.8, 4) is 0 Å². The maximum atomic E-state index is 13.8. The first-order valence-electron chi connectivity index (χ1n) is 8.47. The van der Waals surface area contributed by atoms with E-state index in [0.717, 1.165) is 6.07 Å². The van der Waals surface area contributed by atoms with Crippen molar-refractivity contribution in [1.29, 1.82) is 0 Å². The number of nitrogens with one attached hydrogen (secondary N) is 3. The maximum absolute atomic E-state index is 13.8. The first-order chi connectivity index (χ1) is 13.5. The summed E-state index contributed by atoms with van der Waals surface area (Å²) in [4.78, 5) is 24.8. The van der Waals surface area contributed by atoms with E-state index in [1.165, 1.54) is 12.1 Å². The van der Waals surface area contributed by atoms with E-state index in [0.29, 0.717) is 16.9 Å². The van der Waals surface area contributed by atoms with E-state index in [4.69, 9.17) is 11.6 Å². The first kappa shape index (κ1) is 19.4. The third kappa shape index (κ3) is 5.08. The number of hydrogen-bond donors (Lipinski definition) is 3. The summed E-state index contributed by atoms with van der Waals surface area (Å²) in [5.41, 5.74) is 1.49. The predicted octanol–water partition coefficient (Wildman–Crippen LogP) is 4.78. The third-order valence-corrected chi connectivity index (χ3v) is 4.08. The second-order valence-electron chi connectivity index (χ2n) is 5.89. The van der Waals surface area contributed by atoms with Gasteiger partial charge in [-0.05, 0) is 42.5 Å². The minimum atomic E-state index is -0.553. The van der Waals surface area contributed by atoms with Crippen LogP contribution in [0, 0.1) is 5.82 Å².